The molecule has 94 valence electrons. The van der Waals surface area contributed by atoms with Crippen LogP contribution < -0.4 is 11.5 Å². The molecule has 0 bridgehead atoms. The van der Waals surface area contributed by atoms with Gasteiger partial charge >= 0.3 is 0 Å². The van der Waals surface area contributed by atoms with E-state index in [-0.39, 0.29) is 5.91 Å². The molecule has 1 aromatic carbocycles. The van der Waals surface area contributed by atoms with E-state index in [9.17, 15) is 9.59 Å². The number of benzene rings is 1. The minimum absolute atomic E-state index is 0.0740. The van der Waals surface area contributed by atoms with Gasteiger partial charge in [-0.05, 0) is 36.7 Å². The van der Waals surface area contributed by atoms with Gasteiger partial charge in [0.1, 0.15) is 0 Å². The lowest BCUT2D eigenvalue weighted by atomic mass is 10.1. The lowest BCUT2D eigenvalue weighted by Crippen LogP contribution is -2.10. The second kappa shape index (κ2) is 4.62. The summed E-state index contributed by atoms with van der Waals surface area (Å²) in [5.41, 5.74) is 13.0. The Labute approximate surface area is 104 Å². The Kier molecular flexibility index (Phi) is 3.16. The first-order valence-corrected chi connectivity index (χ1v) is 5.69. The fraction of sp³-hybridized carbons (Fsp3) is 0.231. The number of rotatable bonds is 3. The molecule has 0 aliphatic carbocycles. The van der Waals surface area contributed by atoms with Gasteiger partial charge in [0.25, 0.3) is 0 Å². The summed E-state index contributed by atoms with van der Waals surface area (Å²) in [7, 11) is 0. The Morgan fingerprint density at radius 2 is 2.06 bits per heavy atom. The van der Waals surface area contributed by atoms with Gasteiger partial charge in [0, 0.05) is 24.1 Å². The number of hydrogen-bond donors (Lipinski definition) is 2. The zero-order valence-electron chi connectivity index (χ0n) is 10.1. The Balaban J connectivity index is 2.70. The van der Waals surface area contributed by atoms with Gasteiger partial charge in [0.2, 0.25) is 11.8 Å². The molecule has 1 amide bonds. The van der Waals surface area contributed by atoms with E-state index in [1.165, 1.54) is 6.92 Å². The molecule has 0 saturated carbocycles. The molecule has 0 saturated heterocycles. The molecule has 0 fully saturated rings. The summed E-state index contributed by atoms with van der Waals surface area (Å²) in [4.78, 5) is 22.7. The first kappa shape index (κ1) is 12.3. The SMILES string of the molecule is CC(=O)n1cc(CCN)c2cc(C(N)=O)ccc21. The van der Waals surface area contributed by atoms with E-state index in [1.807, 2.05) is 0 Å². The zero-order valence-corrected chi connectivity index (χ0v) is 10.1. The second-order valence-corrected chi connectivity index (χ2v) is 4.18. The van der Waals surface area contributed by atoms with E-state index in [0.717, 1.165) is 16.5 Å². The van der Waals surface area contributed by atoms with Gasteiger partial charge in [-0.25, -0.2) is 0 Å². The molecule has 1 heterocycles. The maximum absolute atomic E-state index is 11.5. The van der Waals surface area contributed by atoms with Gasteiger partial charge < -0.3 is 11.5 Å². The number of fused-ring (bicyclic) bond motifs is 1. The smallest absolute Gasteiger partial charge is 0.248 e. The van der Waals surface area contributed by atoms with Crippen LogP contribution in [0.2, 0.25) is 0 Å². The van der Waals surface area contributed by atoms with Crippen molar-refractivity contribution in [3.8, 4) is 0 Å². The molecule has 18 heavy (non-hydrogen) atoms. The minimum Gasteiger partial charge on any atom is -0.366 e. The first-order valence-electron chi connectivity index (χ1n) is 5.69. The molecule has 2 aromatic rings. The average Bonchev–Trinajstić information content (AvgIpc) is 2.68. The van der Waals surface area contributed by atoms with Gasteiger partial charge in [-0.2, -0.15) is 0 Å². The molecular weight excluding hydrogens is 230 g/mol. The van der Waals surface area contributed by atoms with Crippen LogP contribution in [0.25, 0.3) is 10.9 Å². The van der Waals surface area contributed by atoms with E-state index in [2.05, 4.69) is 0 Å². The largest absolute Gasteiger partial charge is 0.366 e. The average molecular weight is 245 g/mol. The highest BCUT2D eigenvalue weighted by molar-refractivity contribution is 6.00. The lowest BCUT2D eigenvalue weighted by molar-refractivity contribution is 0.0940. The quantitative estimate of drug-likeness (QED) is 0.841. The van der Waals surface area contributed by atoms with Crippen LogP contribution in [0.4, 0.5) is 0 Å². The molecule has 5 nitrogen and oxygen atoms in total. The molecule has 4 N–H and O–H groups in total. The number of hydrogen-bond acceptors (Lipinski definition) is 3. The molecule has 0 unspecified atom stereocenters. The van der Waals surface area contributed by atoms with Crippen LogP contribution in [0.1, 0.15) is 27.6 Å². The summed E-state index contributed by atoms with van der Waals surface area (Å²) in [6.07, 6.45) is 2.42. The van der Waals surface area contributed by atoms with Crippen molar-refractivity contribution in [1.29, 1.82) is 0 Å². The summed E-state index contributed by atoms with van der Waals surface area (Å²) in [6.45, 7) is 1.98. The lowest BCUT2D eigenvalue weighted by Gasteiger charge is -2.00. The Hall–Kier alpha value is -2.14. The predicted octanol–water partition coefficient (Wildman–Crippen LogP) is 0.901. The topological polar surface area (TPSA) is 91.1 Å². The monoisotopic (exact) mass is 245 g/mol. The van der Waals surface area contributed by atoms with Crippen LogP contribution in [0.5, 0.6) is 0 Å². The summed E-state index contributed by atoms with van der Waals surface area (Å²) >= 11 is 0. The predicted molar refractivity (Wildman–Crippen MR) is 69.5 cm³/mol. The minimum atomic E-state index is -0.480. The first-order chi connectivity index (χ1) is 8.54. The standard InChI is InChI=1S/C13H15N3O2/c1-8(17)16-7-10(4-5-14)11-6-9(13(15)18)2-3-12(11)16/h2-3,6-7H,4-5,14H2,1H3,(H2,15,18). The zero-order chi connectivity index (χ0) is 13.3. The Morgan fingerprint density at radius 3 is 2.61 bits per heavy atom. The van der Waals surface area contributed by atoms with E-state index in [1.54, 1.807) is 29.0 Å². The van der Waals surface area contributed by atoms with Crippen molar-refractivity contribution >= 4 is 22.7 Å². The van der Waals surface area contributed by atoms with E-state index < -0.39 is 5.91 Å². The van der Waals surface area contributed by atoms with E-state index in [0.29, 0.717) is 18.5 Å². The van der Waals surface area contributed by atoms with E-state index >= 15 is 0 Å². The molecule has 0 aliphatic rings. The molecule has 0 atom stereocenters. The van der Waals surface area contributed by atoms with Gasteiger partial charge in [-0.1, -0.05) is 0 Å². The summed E-state index contributed by atoms with van der Waals surface area (Å²) < 4.78 is 1.56. The van der Waals surface area contributed by atoms with Gasteiger partial charge in [-0.3, -0.25) is 14.2 Å². The molecular formula is C13H15N3O2. The third kappa shape index (κ3) is 2.00. The van der Waals surface area contributed by atoms with Gasteiger partial charge in [-0.15, -0.1) is 0 Å². The van der Waals surface area contributed by atoms with Crippen molar-refractivity contribution < 1.29 is 9.59 Å². The van der Waals surface area contributed by atoms with Crippen LogP contribution in [0, 0.1) is 0 Å². The van der Waals surface area contributed by atoms with Gasteiger partial charge in [0.15, 0.2) is 0 Å². The molecule has 5 heteroatoms. The summed E-state index contributed by atoms with van der Waals surface area (Å²) in [6, 6.07) is 5.06. The number of nitrogens with zero attached hydrogens (tertiary/aromatic N) is 1. The maximum Gasteiger partial charge on any atom is 0.248 e. The number of primary amides is 1. The maximum atomic E-state index is 11.5. The van der Waals surface area contributed by atoms with Crippen LogP contribution in [-0.4, -0.2) is 22.9 Å². The Bertz CT molecular complexity index is 628. The van der Waals surface area contributed by atoms with Crippen molar-refractivity contribution in [3.63, 3.8) is 0 Å². The van der Waals surface area contributed by atoms with Crippen LogP contribution in [0.3, 0.4) is 0 Å². The van der Waals surface area contributed by atoms with Crippen molar-refractivity contribution in [2.75, 3.05) is 6.54 Å². The molecule has 0 spiro atoms. The summed E-state index contributed by atoms with van der Waals surface area (Å²) in [5, 5.41) is 0.854. The van der Waals surface area contributed by atoms with Crippen molar-refractivity contribution in [1.82, 2.24) is 4.57 Å². The highest BCUT2D eigenvalue weighted by Gasteiger charge is 2.12. The van der Waals surface area contributed by atoms with Crippen LogP contribution in [-0.2, 0) is 6.42 Å². The molecule has 2 rings (SSSR count). The highest BCUT2D eigenvalue weighted by atomic mass is 16.2. The Morgan fingerprint density at radius 1 is 1.33 bits per heavy atom. The van der Waals surface area contributed by atoms with Crippen molar-refractivity contribution in [2.24, 2.45) is 11.5 Å². The number of amides is 1. The normalized spacial score (nSPS) is 10.8. The third-order valence-electron chi connectivity index (χ3n) is 2.92. The number of nitrogens with two attached hydrogens (primary N) is 2. The molecule has 0 aliphatic heterocycles. The second-order valence-electron chi connectivity index (χ2n) is 4.18. The fourth-order valence-corrected chi connectivity index (χ4v) is 2.07. The van der Waals surface area contributed by atoms with E-state index in [4.69, 9.17) is 11.5 Å². The third-order valence-corrected chi connectivity index (χ3v) is 2.92. The van der Waals surface area contributed by atoms with Crippen LogP contribution >= 0.6 is 0 Å². The molecule has 1 aromatic heterocycles. The fourth-order valence-electron chi connectivity index (χ4n) is 2.07. The number of carbonyl (C=O) groups excluding carboxylic acids is 2. The van der Waals surface area contributed by atoms with Gasteiger partial charge in [0.05, 0.1) is 5.52 Å². The molecule has 0 radical (unpaired) electrons. The summed E-state index contributed by atoms with van der Waals surface area (Å²) in [5.74, 6) is -0.554. The van der Waals surface area contributed by atoms with Crippen LogP contribution in [0.15, 0.2) is 24.4 Å². The van der Waals surface area contributed by atoms with Crippen molar-refractivity contribution in [3.05, 3.63) is 35.5 Å². The number of aromatic nitrogens is 1. The van der Waals surface area contributed by atoms with Crippen molar-refractivity contribution in [2.45, 2.75) is 13.3 Å². The highest BCUT2D eigenvalue weighted by Crippen LogP contribution is 2.23. The number of carbonyl (C=O) groups is 2.